The highest BCUT2D eigenvalue weighted by Gasteiger charge is 2.28. The van der Waals surface area contributed by atoms with Gasteiger partial charge in [-0.05, 0) is 41.2 Å². The fourth-order valence-electron chi connectivity index (χ4n) is 3.99. The Labute approximate surface area is 245 Å². The third-order valence-electron chi connectivity index (χ3n) is 6.09. The van der Waals surface area contributed by atoms with E-state index in [1.807, 2.05) is 74.5 Å². The average Bonchev–Trinajstić information content (AvgIpc) is 2.99. The van der Waals surface area contributed by atoms with Crippen LogP contribution in [-0.4, -0.2) is 43.3 Å². The number of hydrogen-bond donors (Lipinski definition) is 2. The van der Waals surface area contributed by atoms with Crippen molar-refractivity contribution in [2.45, 2.75) is 52.0 Å². The lowest BCUT2D eigenvalue weighted by atomic mass is 10.0. The average molecular weight is 577 g/mol. The largest absolute Gasteiger partial charge is 0.514 e. The molecule has 0 saturated carbocycles. The van der Waals surface area contributed by atoms with Gasteiger partial charge in [0.05, 0.1) is 7.11 Å². The lowest BCUT2D eigenvalue weighted by molar-refractivity contribution is -0.145. The number of amides is 2. The molecule has 2 atom stereocenters. The maximum absolute atomic E-state index is 13.3. The van der Waals surface area contributed by atoms with Crippen molar-refractivity contribution in [2.24, 2.45) is 5.92 Å². The zero-order chi connectivity index (χ0) is 30.3. The van der Waals surface area contributed by atoms with E-state index in [1.165, 1.54) is 7.11 Å². The minimum absolute atomic E-state index is 0.0194. The Kier molecular flexibility index (Phi) is 12.4. The number of benzene rings is 3. The molecule has 0 spiro atoms. The van der Waals surface area contributed by atoms with Crippen molar-refractivity contribution in [3.8, 4) is 5.75 Å². The van der Waals surface area contributed by atoms with E-state index in [2.05, 4.69) is 10.6 Å². The number of hydrogen-bond acceptors (Lipinski definition) is 8. The first kappa shape index (κ1) is 31.7. The summed E-state index contributed by atoms with van der Waals surface area (Å²) in [6.45, 7) is 3.93. The molecule has 3 aromatic rings. The van der Waals surface area contributed by atoms with E-state index in [-0.39, 0.29) is 31.3 Å². The Morgan fingerprint density at radius 3 is 1.81 bits per heavy atom. The third kappa shape index (κ3) is 11.0. The van der Waals surface area contributed by atoms with Crippen LogP contribution in [0, 0.1) is 5.92 Å². The summed E-state index contributed by atoms with van der Waals surface area (Å²) < 4.78 is 20.5. The summed E-state index contributed by atoms with van der Waals surface area (Å²) in [5.74, 6) is -0.810. The standard InChI is InChI=1S/C32H36N2O8/c1-22(2)18-28(30(36)39-3)33-29(35)27(34-31(37)40-20-24-10-6-4-7-11-24)19-23-14-16-26(17-15-23)42-32(38)41-21-25-12-8-5-9-13-25/h4-17,22,27-28H,18-21H2,1-3H3,(H,33,35)(H,34,37)/t27-,28-/m0/s1. The molecular formula is C32H36N2O8. The third-order valence-corrected chi connectivity index (χ3v) is 6.09. The molecule has 10 heteroatoms. The van der Waals surface area contributed by atoms with E-state index in [0.29, 0.717) is 12.0 Å². The van der Waals surface area contributed by atoms with Crippen LogP contribution in [0.5, 0.6) is 5.75 Å². The highest BCUT2D eigenvalue weighted by Crippen LogP contribution is 2.16. The van der Waals surface area contributed by atoms with E-state index in [9.17, 15) is 19.2 Å². The maximum atomic E-state index is 13.3. The summed E-state index contributed by atoms with van der Waals surface area (Å²) in [5.41, 5.74) is 2.27. The van der Waals surface area contributed by atoms with Gasteiger partial charge in [0.1, 0.15) is 31.0 Å². The summed E-state index contributed by atoms with van der Waals surface area (Å²) in [6, 6.07) is 22.8. The first-order valence-electron chi connectivity index (χ1n) is 13.6. The molecule has 0 bridgehead atoms. The van der Waals surface area contributed by atoms with E-state index < -0.39 is 36.2 Å². The van der Waals surface area contributed by atoms with Crippen molar-refractivity contribution in [1.82, 2.24) is 10.6 Å². The zero-order valence-electron chi connectivity index (χ0n) is 23.9. The fourth-order valence-corrected chi connectivity index (χ4v) is 3.99. The van der Waals surface area contributed by atoms with E-state index >= 15 is 0 Å². The van der Waals surface area contributed by atoms with Gasteiger partial charge in [-0.2, -0.15) is 0 Å². The topological polar surface area (TPSA) is 129 Å². The van der Waals surface area contributed by atoms with Gasteiger partial charge in [-0.15, -0.1) is 0 Å². The number of nitrogens with one attached hydrogen (secondary N) is 2. The molecule has 0 aliphatic heterocycles. The second kappa shape index (κ2) is 16.4. The van der Waals surface area contributed by atoms with Crippen molar-refractivity contribution >= 4 is 24.1 Å². The minimum atomic E-state index is -1.07. The van der Waals surface area contributed by atoms with Gasteiger partial charge in [0.2, 0.25) is 5.91 Å². The van der Waals surface area contributed by atoms with Crippen LogP contribution in [0.15, 0.2) is 84.9 Å². The molecule has 0 fully saturated rings. The predicted molar refractivity (Wildman–Crippen MR) is 154 cm³/mol. The number of rotatable bonds is 13. The zero-order valence-corrected chi connectivity index (χ0v) is 23.9. The summed E-state index contributed by atoms with van der Waals surface area (Å²) in [6.07, 6.45) is -1.22. The molecule has 2 N–H and O–H groups in total. The molecule has 0 radical (unpaired) electrons. The van der Waals surface area contributed by atoms with Gasteiger partial charge >= 0.3 is 18.2 Å². The molecule has 0 aromatic heterocycles. The number of methoxy groups -OCH3 is 1. The molecule has 0 aliphatic carbocycles. The molecule has 42 heavy (non-hydrogen) atoms. The first-order valence-corrected chi connectivity index (χ1v) is 13.6. The first-order chi connectivity index (χ1) is 20.2. The summed E-state index contributed by atoms with van der Waals surface area (Å²) in [7, 11) is 1.25. The molecule has 3 rings (SSSR count). The highest BCUT2D eigenvalue weighted by atomic mass is 16.7. The second-order valence-corrected chi connectivity index (χ2v) is 9.95. The van der Waals surface area contributed by atoms with Crippen molar-refractivity contribution in [2.75, 3.05) is 7.11 Å². The van der Waals surface area contributed by atoms with Gasteiger partial charge in [-0.3, -0.25) is 4.79 Å². The van der Waals surface area contributed by atoms with Crippen LogP contribution in [0.25, 0.3) is 0 Å². The predicted octanol–water partition coefficient (Wildman–Crippen LogP) is 4.94. The van der Waals surface area contributed by atoms with Crippen LogP contribution in [0.3, 0.4) is 0 Å². The van der Waals surface area contributed by atoms with Crippen molar-refractivity contribution in [3.63, 3.8) is 0 Å². The molecule has 2 amide bonds. The molecule has 10 nitrogen and oxygen atoms in total. The lowest BCUT2D eigenvalue weighted by Gasteiger charge is -2.23. The van der Waals surface area contributed by atoms with Crippen LogP contribution in [0.2, 0.25) is 0 Å². The monoisotopic (exact) mass is 576 g/mol. The van der Waals surface area contributed by atoms with Gasteiger partial charge in [-0.1, -0.05) is 86.6 Å². The van der Waals surface area contributed by atoms with Crippen LogP contribution in [0.4, 0.5) is 9.59 Å². The molecule has 0 aliphatic rings. The molecule has 222 valence electrons. The number of carbonyl (C=O) groups is 4. The normalized spacial score (nSPS) is 12.0. The Morgan fingerprint density at radius 1 is 0.690 bits per heavy atom. The molecular weight excluding hydrogens is 540 g/mol. The van der Waals surface area contributed by atoms with Gasteiger partial charge in [0.25, 0.3) is 0 Å². The highest BCUT2D eigenvalue weighted by molar-refractivity contribution is 5.89. The van der Waals surface area contributed by atoms with Crippen molar-refractivity contribution < 1.29 is 38.1 Å². The maximum Gasteiger partial charge on any atom is 0.514 e. The Balaban J connectivity index is 1.65. The SMILES string of the molecule is COC(=O)[C@H](CC(C)C)NC(=O)[C@H](Cc1ccc(OC(=O)OCc2ccccc2)cc1)NC(=O)OCc1ccccc1. The van der Waals surface area contributed by atoms with E-state index in [0.717, 1.165) is 11.1 Å². The van der Waals surface area contributed by atoms with Gasteiger partial charge in [0.15, 0.2) is 0 Å². The number of alkyl carbamates (subject to hydrolysis) is 1. The summed E-state index contributed by atoms with van der Waals surface area (Å²) in [5, 5.41) is 5.29. The van der Waals surface area contributed by atoms with Crippen LogP contribution < -0.4 is 15.4 Å². The van der Waals surface area contributed by atoms with Gasteiger partial charge < -0.3 is 29.6 Å². The second-order valence-electron chi connectivity index (χ2n) is 9.95. The van der Waals surface area contributed by atoms with E-state index in [4.69, 9.17) is 18.9 Å². The van der Waals surface area contributed by atoms with Crippen molar-refractivity contribution in [1.29, 1.82) is 0 Å². The molecule has 0 saturated heterocycles. The molecule has 0 unspecified atom stereocenters. The van der Waals surface area contributed by atoms with Crippen LogP contribution in [0.1, 0.15) is 37.0 Å². The number of esters is 1. The lowest BCUT2D eigenvalue weighted by Crippen LogP contribution is -2.53. The van der Waals surface area contributed by atoms with Crippen molar-refractivity contribution in [3.05, 3.63) is 102 Å². The van der Waals surface area contributed by atoms with Gasteiger partial charge in [-0.25, -0.2) is 14.4 Å². The Hall–Kier alpha value is -4.86. The Bertz CT molecular complexity index is 1300. The Morgan fingerprint density at radius 2 is 1.26 bits per heavy atom. The quantitative estimate of drug-likeness (QED) is 0.166. The fraction of sp³-hybridized carbons (Fsp3) is 0.312. The van der Waals surface area contributed by atoms with Crippen LogP contribution in [-0.2, 0) is 43.4 Å². The summed E-state index contributed by atoms with van der Waals surface area (Å²) in [4.78, 5) is 50.3. The summed E-state index contributed by atoms with van der Waals surface area (Å²) >= 11 is 0. The van der Waals surface area contributed by atoms with Gasteiger partial charge in [0, 0.05) is 6.42 Å². The van der Waals surface area contributed by atoms with Crippen LogP contribution >= 0.6 is 0 Å². The molecule has 3 aromatic carbocycles. The minimum Gasteiger partial charge on any atom is -0.467 e. The molecule has 0 heterocycles. The number of ether oxygens (including phenoxy) is 4. The van der Waals surface area contributed by atoms with E-state index in [1.54, 1.807) is 24.3 Å². The number of carbonyl (C=O) groups excluding carboxylic acids is 4. The smallest absolute Gasteiger partial charge is 0.467 e.